The predicted molar refractivity (Wildman–Crippen MR) is 50.6 cm³/mol. The van der Waals surface area contributed by atoms with Crippen molar-refractivity contribution in [3.63, 3.8) is 0 Å². The van der Waals surface area contributed by atoms with Crippen molar-refractivity contribution < 1.29 is 0 Å². The molecule has 1 aromatic rings. The minimum atomic E-state index is 0.824. The van der Waals surface area contributed by atoms with Crippen LogP contribution in [0.15, 0.2) is 18.2 Å². The normalized spacial score (nSPS) is 24.8. The fraction of sp³-hybridized carbons (Fsp3) is 0.455. The molecule has 1 heterocycles. The van der Waals surface area contributed by atoms with Crippen molar-refractivity contribution in [1.29, 1.82) is 0 Å². The Morgan fingerprint density at radius 1 is 1.33 bits per heavy atom. The number of hydrogen-bond donors (Lipinski definition) is 1. The highest BCUT2D eigenvalue weighted by atomic mass is 14.9. The number of rotatable bonds is 0. The van der Waals surface area contributed by atoms with E-state index < -0.39 is 0 Å². The van der Waals surface area contributed by atoms with Crippen molar-refractivity contribution >= 4 is 5.69 Å². The summed E-state index contributed by atoms with van der Waals surface area (Å²) in [7, 11) is 0. The highest BCUT2D eigenvalue weighted by Gasteiger charge is 2.27. The molecule has 0 fully saturated rings. The Kier molecular flexibility index (Phi) is 1.23. The average Bonchev–Trinajstić information content (AvgIpc) is 2.52. The van der Waals surface area contributed by atoms with Crippen LogP contribution in [0, 0.1) is 0 Å². The van der Waals surface area contributed by atoms with Gasteiger partial charge in [-0.3, -0.25) is 0 Å². The van der Waals surface area contributed by atoms with Gasteiger partial charge in [0.25, 0.3) is 0 Å². The molecule has 0 spiro atoms. The van der Waals surface area contributed by atoms with Crippen molar-refractivity contribution in [3.8, 4) is 0 Å². The second-order valence-electron chi connectivity index (χ2n) is 3.85. The molecule has 1 aliphatic carbocycles. The van der Waals surface area contributed by atoms with Crippen LogP contribution >= 0.6 is 0 Å². The summed E-state index contributed by atoms with van der Waals surface area (Å²) in [4.78, 5) is 0. The van der Waals surface area contributed by atoms with Crippen LogP contribution in [0.1, 0.15) is 29.9 Å². The lowest BCUT2D eigenvalue weighted by molar-refractivity contribution is 0.592. The molecule has 0 radical (unpaired) electrons. The van der Waals surface area contributed by atoms with Gasteiger partial charge < -0.3 is 5.32 Å². The quantitative estimate of drug-likeness (QED) is 0.613. The number of hydrogen-bond acceptors (Lipinski definition) is 1. The first-order valence-corrected chi connectivity index (χ1v) is 4.81. The fourth-order valence-corrected chi connectivity index (χ4v) is 2.59. The van der Waals surface area contributed by atoms with Gasteiger partial charge in [-0.2, -0.15) is 0 Å². The van der Waals surface area contributed by atoms with Gasteiger partial charge in [0.05, 0.1) is 0 Å². The molecule has 1 aliphatic heterocycles. The Hall–Kier alpha value is -0.980. The van der Waals surface area contributed by atoms with Crippen LogP contribution < -0.4 is 5.32 Å². The van der Waals surface area contributed by atoms with Crippen LogP contribution in [-0.2, 0) is 6.42 Å². The largest absolute Gasteiger partial charge is 0.384 e. The summed E-state index contributed by atoms with van der Waals surface area (Å²) in [6.45, 7) is 1.17. The summed E-state index contributed by atoms with van der Waals surface area (Å²) in [6, 6.07) is 6.68. The molecule has 0 amide bonds. The smallest absolute Gasteiger partial charge is 0.0379 e. The molecule has 3 rings (SSSR count). The van der Waals surface area contributed by atoms with Crippen molar-refractivity contribution in [3.05, 3.63) is 29.3 Å². The third-order valence-corrected chi connectivity index (χ3v) is 3.14. The monoisotopic (exact) mass is 159 g/mol. The van der Waals surface area contributed by atoms with Gasteiger partial charge in [0, 0.05) is 18.2 Å². The SMILES string of the molecule is c1cc2c3c(c1)NCC3CCC2. The maximum absolute atomic E-state index is 3.48. The molecule has 1 aromatic carbocycles. The Bertz CT molecular complexity index is 317. The van der Waals surface area contributed by atoms with E-state index in [4.69, 9.17) is 0 Å². The second kappa shape index (κ2) is 2.25. The number of benzene rings is 1. The molecule has 1 nitrogen and oxygen atoms in total. The average molecular weight is 159 g/mol. The summed E-state index contributed by atoms with van der Waals surface area (Å²) >= 11 is 0. The van der Waals surface area contributed by atoms with E-state index in [1.807, 2.05) is 0 Å². The van der Waals surface area contributed by atoms with E-state index in [0.717, 1.165) is 5.92 Å². The van der Waals surface area contributed by atoms with Gasteiger partial charge in [-0.05, 0) is 36.5 Å². The molecule has 2 aliphatic rings. The van der Waals surface area contributed by atoms with Crippen molar-refractivity contribution in [1.82, 2.24) is 0 Å². The maximum atomic E-state index is 3.48. The molecular formula is C11H13N. The topological polar surface area (TPSA) is 12.0 Å². The van der Waals surface area contributed by atoms with Crippen LogP contribution in [0.25, 0.3) is 0 Å². The lowest BCUT2D eigenvalue weighted by Gasteiger charge is -2.19. The number of nitrogens with one attached hydrogen (secondary N) is 1. The number of anilines is 1. The zero-order valence-corrected chi connectivity index (χ0v) is 7.14. The summed E-state index contributed by atoms with van der Waals surface area (Å²) < 4.78 is 0. The zero-order chi connectivity index (χ0) is 7.97. The van der Waals surface area contributed by atoms with Crippen molar-refractivity contribution in [2.45, 2.75) is 25.2 Å². The maximum Gasteiger partial charge on any atom is 0.0379 e. The van der Waals surface area contributed by atoms with E-state index in [9.17, 15) is 0 Å². The third kappa shape index (κ3) is 0.739. The molecule has 0 aromatic heterocycles. The summed E-state index contributed by atoms with van der Waals surface area (Å²) in [5.41, 5.74) is 4.62. The molecule has 1 heteroatoms. The first-order chi connectivity index (χ1) is 5.95. The molecule has 1 unspecified atom stereocenters. The van der Waals surface area contributed by atoms with E-state index >= 15 is 0 Å². The van der Waals surface area contributed by atoms with Gasteiger partial charge in [0.1, 0.15) is 0 Å². The lowest BCUT2D eigenvalue weighted by Crippen LogP contribution is -2.08. The van der Waals surface area contributed by atoms with Crippen LogP contribution in [0.4, 0.5) is 5.69 Å². The molecule has 1 N–H and O–H groups in total. The molecule has 0 saturated heterocycles. The molecule has 62 valence electrons. The summed E-state index contributed by atoms with van der Waals surface area (Å²) in [5, 5.41) is 3.48. The van der Waals surface area contributed by atoms with Crippen molar-refractivity contribution in [2.24, 2.45) is 0 Å². The summed E-state index contributed by atoms with van der Waals surface area (Å²) in [6.07, 6.45) is 4.06. The summed E-state index contributed by atoms with van der Waals surface area (Å²) in [5.74, 6) is 0.824. The molecule has 0 bridgehead atoms. The van der Waals surface area contributed by atoms with Gasteiger partial charge in [-0.25, -0.2) is 0 Å². The highest BCUT2D eigenvalue weighted by Crippen LogP contribution is 2.40. The Balaban J connectivity index is 2.23. The van der Waals surface area contributed by atoms with E-state index in [-0.39, 0.29) is 0 Å². The molecule has 0 saturated carbocycles. The molecule has 12 heavy (non-hydrogen) atoms. The van der Waals surface area contributed by atoms with Crippen LogP contribution in [-0.4, -0.2) is 6.54 Å². The van der Waals surface area contributed by atoms with Gasteiger partial charge in [0.15, 0.2) is 0 Å². The van der Waals surface area contributed by atoms with Gasteiger partial charge in [0.2, 0.25) is 0 Å². The third-order valence-electron chi connectivity index (χ3n) is 3.14. The van der Waals surface area contributed by atoms with Gasteiger partial charge in [-0.15, -0.1) is 0 Å². The Labute approximate surface area is 72.8 Å². The molecular weight excluding hydrogens is 146 g/mol. The van der Waals surface area contributed by atoms with E-state index in [0.29, 0.717) is 0 Å². The van der Waals surface area contributed by atoms with Crippen LogP contribution in [0.2, 0.25) is 0 Å². The van der Waals surface area contributed by atoms with Crippen LogP contribution in [0.5, 0.6) is 0 Å². The lowest BCUT2D eigenvalue weighted by atomic mass is 9.84. The van der Waals surface area contributed by atoms with Crippen molar-refractivity contribution in [2.75, 3.05) is 11.9 Å². The first-order valence-electron chi connectivity index (χ1n) is 4.81. The molecule has 1 atom stereocenters. The van der Waals surface area contributed by atoms with E-state index in [2.05, 4.69) is 23.5 Å². The van der Waals surface area contributed by atoms with Crippen LogP contribution in [0.3, 0.4) is 0 Å². The fourth-order valence-electron chi connectivity index (χ4n) is 2.59. The van der Waals surface area contributed by atoms with E-state index in [1.54, 1.807) is 11.1 Å². The number of aryl methyl sites for hydroxylation is 1. The van der Waals surface area contributed by atoms with Gasteiger partial charge >= 0.3 is 0 Å². The Morgan fingerprint density at radius 2 is 2.33 bits per heavy atom. The first kappa shape index (κ1) is 6.53. The van der Waals surface area contributed by atoms with Gasteiger partial charge in [-0.1, -0.05) is 12.1 Å². The standard InChI is InChI=1S/C11H13N/c1-3-8-4-2-6-10-11(8)9(5-1)7-12-10/h2,4,6,9,12H,1,3,5,7H2. The minimum absolute atomic E-state index is 0.824. The predicted octanol–water partition coefficient (Wildman–Crippen LogP) is 2.53. The van der Waals surface area contributed by atoms with E-state index in [1.165, 1.54) is 31.5 Å². The Morgan fingerprint density at radius 3 is 3.33 bits per heavy atom. The second-order valence-corrected chi connectivity index (χ2v) is 3.85. The highest BCUT2D eigenvalue weighted by molar-refractivity contribution is 5.61. The zero-order valence-electron chi connectivity index (χ0n) is 7.14. The minimum Gasteiger partial charge on any atom is -0.384 e.